The molecule has 1 aromatic heterocycles. The summed E-state index contributed by atoms with van der Waals surface area (Å²) in [5, 5.41) is 20.8. The number of fused-ring (bicyclic) bond motifs is 1. The molecular weight excluding hydrogens is 370 g/mol. The van der Waals surface area contributed by atoms with Gasteiger partial charge in [-0.05, 0) is 17.7 Å². The Hall–Kier alpha value is -1.98. The van der Waals surface area contributed by atoms with Gasteiger partial charge in [0, 0.05) is 22.3 Å². The zero-order valence-electron chi connectivity index (χ0n) is 11.5. The van der Waals surface area contributed by atoms with Crippen molar-refractivity contribution in [2.24, 2.45) is 0 Å². The van der Waals surface area contributed by atoms with Crippen molar-refractivity contribution in [3.05, 3.63) is 46.0 Å². The molecule has 0 aliphatic heterocycles. The molecule has 0 bridgehead atoms. The number of phenolic OH excluding ortho intramolecular Hbond substituents is 2. The number of pyridine rings is 1. The van der Waals surface area contributed by atoms with Gasteiger partial charge in [-0.15, -0.1) is 0 Å². The van der Waals surface area contributed by atoms with E-state index in [1.807, 2.05) is 24.3 Å². The van der Waals surface area contributed by atoms with Gasteiger partial charge >= 0.3 is 0 Å². The third-order valence-electron chi connectivity index (χ3n) is 3.36. The van der Waals surface area contributed by atoms with Crippen molar-refractivity contribution >= 4 is 38.4 Å². The van der Waals surface area contributed by atoms with Crippen molar-refractivity contribution in [3.8, 4) is 28.4 Å². The maximum absolute atomic E-state index is 10.3. The summed E-state index contributed by atoms with van der Waals surface area (Å²) in [5.74, 6) is -0.439. The largest absolute Gasteiger partial charge is 0.504 e. The molecule has 0 spiro atoms. The maximum Gasteiger partial charge on any atom is 0.203 e. The number of phenols is 2. The number of nitrogens with zero attached hydrogens (tertiary/aromatic N) is 1. The highest BCUT2D eigenvalue weighted by atomic mass is 79.9. The van der Waals surface area contributed by atoms with Crippen LogP contribution in [-0.4, -0.2) is 22.3 Å². The number of rotatable bonds is 2. The molecule has 0 aliphatic carbocycles. The summed E-state index contributed by atoms with van der Waals surface area (Å²) in [6.45, 7) is 0. The number of methoxy groups -OCH3 is 1. The van der Waals surface area contributed by atoms with Gasteiger partial charge in [0.1, 0.15) is 0 Å². The highest BCUT2D eigenvalue weighted by Crippen LogP contribution is 2.46. The Morgan fingerprint density at radius 1 is 1.18 bits per heavy atom. The second-order valence-electron chi connectivity index (χ2n) is 4.66. The zero-order valence-corrected chi connectivity index (χ0v) is 13.8. The summed E-state index contributed by atoms with van der Waals surface area (Å²) >= 11 is 9.84. The smallest absolute Gasteiger partial charge is 0.203 e. The molecule has 0 amide bonds. The van der Waals surface area contributed by atoms with Gasteiger partial charge in [-0.2, -0.15) is 0 Å². The lowest BCUT2D eigenvalue weighted by Gasteiger charge is -2.12. The molecule has 112 valence electrons. The Morgan fingerprint density at radius 3 is 2.50 bits per heavy atom. The van der Waals surface area contributed by atoms with Crippen LogP contribution in [0.25, 0.3) is 22.0 Å². The predicted molar refractivity (Wildman–Crippen MR) is 89.8 cm³/mol. The fourth-order valence-corrected chi connectivity index (χ4v) is 2.91. The van der Waals surface area contributed by atoms with Crippen LogP contribution in [0.5, 0.6) is 17.2 Å². The van der Waals surface area contributed by atoms with Crippen LogP contribution in [0, 0.1) is 0 Å². The van der Waals surface area contributed by atoms with Crippen LogP contribution in [-0.2, 0) is 0 Å². The van der Waals surface area contributed by atoms with Crippen LogP contribution in [0.3, 0.4) is 0 Å². The molecule has 0 aliphatic rings. The first-order valence-electron chi connectivity index (χ1n) is 6.36. The number of aromatic nitrogens is 1. The van der Waals surface area contributed by atoms with E-state index in [2.05, 4.69) is 20.9 Å². The van der Waals surface area contributed by atoms with Gasteiger partial charge in [0.15, 0.2) is 11.5 Å². The predicted octanol–water partition coefficient (Wildman–Crippen LogP) is 4.74. The lowest BCUT2D eigenvalue weighted by molar-refractivity contribution is 0.347. The Labute approximate surface area is 140 Å². The average molecular weight is 381 g/mol. The molecule has 4 nitrogen and oxygen atoms in total. The van der Waals surface area contributed by atoms with Crippen LogP contribution in [0.4, 0.5) is 0 Å². The highest BCUT2D eigenvalue weighted by Gasteiger charge is 2.18. The number of hydrogen-bond acceptors (Lipinski definition) is 4. The van der Waals surface area contributed by atoms with Crippen LogP contribution in [0.1, 0.15) is 0 Å². The quantitative estimate of drug-likeness (QED) is 0.674. The molecule has 3 aromatic rings. The van der Waals surface area contributed by atoms with Gasteiger partial charge in [0.25, 0.3) is 0 Å². The summed E-state index contributed by atoms with van der Waals surface area (Å²) in [5.41, 5.74) is 1.94. The second-order valence-corrected chi connectivity index (χ2v) is 5.96. The van der Waals surface area contributed by atoms with Crippen molar-refractivity contribution in [3.63, 3.8) is 0 Å². The minimum atomic E-state index is -0.228. The third-order valence-corrected chi connectivity index (χ3v) is 4.28. The minimum absolute atomic E-state index is 0.0239. The van der Waals surface area contributed by atoms with Crippen molar-refractivity contribution in [1.82, 2.24) is 4.98 Å². The number of hydrogen-bond donors (Lipinski definition) is 2. The van der Waals surface area contributed by atoms with Gasteiger partial charge in [-0.1, -0.05) is 39.7 Å². The molecule has 1 heterocycles. The number of benzene rings is 2. The fourth-order valence-electron chi connectivity index (χ4n) is 2.30. The minimum Gasteiger partial charge on any atom is -0.504 e. The SMILES string of the molecule is COc1c(O)cc2ncc(-c3ccc(Br)cc3)c(Cl)c2c1O. The van der Waals surface area contributed by atoms with Crippen LogP contribution in [0.15, 0.2) is 41.0 Å². The number of halogens is 2. The maximum atomic E-state index is 10.3. The highest BCUT2D eigenvalue weighted by molar-refractivity contribution is 9.10. The summed E-state index contributed by atoms with van der Waals surface area (Å²) in [6, 6.07) is 8.99. The molecule has 22 heavy (non-hydrogen) atoms. The molecule has 2 aromatic carbocycles. The summed E-state index contributed by atoms with van der Waals surface area (Å²) in [6.07, 6.45) is 1.61. The normalized spacial score (nSPS) is 10.9. The van der Waals surface area contributed by atoms with E-state index in [0.29, 0.717) is 21.5 Å². The monoisotopic (exact) mass is 379 g/mol. The van der Waals surface area contributed by atoms with Crippen LogP contribution < -0.4 is 4.74 Å². The van der Waals surface area contributed by atoms with Crippen LogP contribution >= 0.6 is 27.5 Å². The van der Waals surface area contributed by atoms with E-state index in [1.54, 1.807) is 6.20 Å². The molecule has 2 N–H and O–H groups in total. The first-order chi connectivity index (χ1) is 10.5. The Bertz CT molecular complexity index is 866. The van der Waals surface area contributed by atoms with Gasteiger partial charge in [0.2, 0.25) is 5.75 Å². The van der Waals surface area contributed by atoms with Gasteiger partial charge < -0.3 is 14.9 Å². The molecule has 0 radical (unpaired) electrons. The van der Waals surface area contributed by atoms with Crippen molar-refractivity contribution in [2.45, 2.75) is 0 Å². The molecular formula is C16H11BrClNO3. The van der Waals surface area contributed by atoms with E-state index in [-0.39, 0.29) is 17.2 Å². The van der Waals surface area contributed by atoms with E-state index in [4.69, 9.17) is 16.3 Å². The molecule has 0 unspecified atom stereocenters. The van der Waals surface area contributed by atoms with E-state index in [1.165, 1.54) is 13.2 Å². The molecule has 0 saturated carbocycles. The lowest BCUT2D eigenvalue weighted by Crippen LogP contribution is -1.90. The standard InChI is InChI=1S/C16H11BrClNO3/c1-22-16-12(20)6-11-13(15(16)21)14(18)10(7-19-11)8-2-4-9(17)5-3-8/h2-7,20-21H,1H3. The van der Waals surface area contributed by atoms with E-state index in [9.17, 15) is 10.2 Å². The van der Waals surface area contributed by atoms with Gasteiger partial charge in [-0.25, -0.2) is 0 Å². The molecule has 0 fully saturated rings. The number of aromatic hydroxyl groups is 2. The van der Waals surface area contributed by atoms with Crippen molar-refractivity contribution < 1.29 is 14.9 Å². The molecule has 6 heteroatoms. The second kappa shape index (κ2) is 5.66. The average Bonchev–Trinajstić information content (AvgIpc) is 2.49. The lowest BCUT2D eigenvalue weighted by atomic mass is 10.0. The number of ether oxygens (including phenoxy) is 1. The van der Waals surface area contributed by atoms with Gasteiger partial charge in [-0.3, -0.25) is 4.98 Å². The van der Waals surface area contributed by atoms with E-state index < -0.39 is 0 Å². The van der Waals surface area contributed by atoms with E-state index in [0.717, 1.165) is 10.0 Å². The van der Waals surface area contributed by atoms with Crippen molar-refractivity contribution in [1.29, 1.82) is 0 Å². The van der Waals surface area contributed by atoms with Gasteiger partial charge in [0.05, 0.1) is 23.0 Å². The summed E-state index contributed by atoms with van der Waals surface area (Å²) in [7, 11) is 1.36. The Balaban J connectivity index is 2.31. The zero-order chi connectivity index (χ0) is 15.9. The Kier molecular flexibility index (Phi) is 3.85. The molecule has 3 rings (SSSR count). The summed E-state index contributed by atoms with van der Waals surface area (Å²) < 4.78 is 5.96. The molecule has 0 atom stereocenters. The van der Waals surface area contributed by atoms with Crippen LogP contribution in [0.2, 0.25) is 5.02 Å². The first-order valence-corrected chi connectivity index (χ1v) is 7.53. The summed E-state index contributed by atoms with van der Waals surface area (Å²) in [4.78, 5) is 4.27. The topological polar surface area (TPSA) is 62.6 Å². The molecule has 0 saturated heterocycles. The van der Waals surface area contributed by atoms with E-state index >= 15 is 0 Å². The van der Waals surface area contributed by atoms with Crippen molar-refractivity contribution in [2.75, 3.05) is 7.11 Å². The first kappa shape index (κ1) is 14.9. The fraction of sp³-hybridized carbons (Fsp3) is 0.0625. The Morgan fingerprint density at radius 2 is 1.86 bits per heavy atom. The third kappa shape index (κ3) is 2.36.